The molecule has 3 rings (SSSR count). The van der Waals surface area contributed by atoms with E-state index in [1.165, 1.54) is 18.2 Å². The van der Waals surface area contributed by atoms with Crippen molar-refractivity contribution in [1.82, 2.24) is 14.5 Å². The number of carbonyl (C=O) groups is 1. The lowest BCUT2D eigenvalue weighted by molar-refractivity contribution is 0.0329. The number of fused-ring (bicyclic) bond motifs is 1. The Balaban J connectivity index is 1.93. The number of nitrogens with zero attached hydrogens (tertiary/aromatic N) is 2. The maximum atomic E-state index is 12.3. The monoisotopic (exact) mass is 339 g/mol. The second kappa shape index (κ2) is 6.72. The van der Waals surface area contributed by atoms with Gasteiger partial charge in [-0.1, -0.05) is 6.07 Å². The highest BCUT2D eigenvalue weighted by Gasteiger charge is 2.16. The van der Waals surface area contributed by atoms with Gasteiger partial charge < -0.3 is 9.72 Å². The third kappa shape index (κ3) is 3.21. The molecule has 0 unspecified atom stereocenters. The summed E-state index contributed by atoms with van der Waals surface area (Å²) in [7, 11) is 0. The van der Waals surface area contributed by atoms with E-state index in [0.717, 1.165) is 4.57 Å². The van der Waals surface area contributed by atoms with Crippen molar-refractivity contribution in [2.45, 2.75) is 26.5 Å². The smallest absolute Gasteiger partial charge is 0.338 e. The zero-order valence-electron chi connectivity index (χ0n) is 13.9. The van der Waals surface area contributed by atoms with Crippen LogP contribution in [0.1, 0.15) is 36.0 Å². The Labute approximate surface area is 142 Å². The maximum Gasteiger partial charge on any atom is 0.338 e. The molecule has 25 heavy (non-hydrogen) atoms. The van der Waals surface area contributed by atoms with Gasteiger partial charge in [-0.2, -0.15) is 0 Å². The summed E-state index contributed by atoms with van der Waals surface area (Å²) in [5.41, 5.74) is 0.297. The van der Waals surface area contributed by atoms with Crippen molar-refractivity contribution in [3.05, 3.63) is 74.7 Å². The number of rotatable bonds is 4. The highest BCUT2D eigenvalue weighted by molar-refractivity contribution is 5.94. The molecule has 3 aromatic rings. The van der Waals surface area contributed by atoms with Crippen molar-refractivity contribution >= 4 is 16.9 Å². The van der Waals surface area contributed by atoms with Crippen LogP contribution in [0, 0.1) is 0 Å². The normalized spacial score (nSPS) is 12.1. The van der Waals surface area contributed by atoms with Gasteiger partial charge in [-0.05, 0) is 44.2 Å². The van der Waals surface area contributed by atoms with Crippen LogP contribution in [-0.2, 0) is 11.3 Å². The zero-order valence-corrected chi connectivity index (χ0v) is 13.9. The Kier molecular flexibility index (Phi) is 4.47. The number of nitrogens with one attached hydrogen (secondary N) is 1. The van der Waals surface area contributed by atoms with E-state index in [4.69, 9.17) is 4.74 Å². The second-order valence-electron chi connectivity index (χ2n) is 5.54. The van der Waals surface area contributed by atoms with E-state index in [9.17, 15) is 14.4 Å². The topological polar surface area (TPSA) is 94.1 Å². The lowest BCUT2D eigenvalue weighted by Gasteiger charge is -2.13. The van der Waals surface area contributed by atoms with Crippen LogP contribution in [0.25, 0.3) is 10.9 Å². The summed E-state index contributed by atoms with van der Waals surface area (Å²) in [4.78, 5) is 43.3. The molecule has 0 aliphatic rings. The molecule has 1 N–H and O–H groups in total. The van der Waals surface area contributed by atoms with Gasteiger partial charge in [0.05, 0.1) is 22.2 Å². The molecule has 2 aromatic heterocycles. The van der Waals surface area contributed by atoms with Gasteiger partial charge in [0, 0.05) is 12.7 Å². The second-order valence-corrected chi connectivity index (χ2v) is 5.54. The molecule has 0 spiro atoms. The first-order valence-electron chi connectivity index (χ1n) is 7.90. The van der Waals surface area contributed by atoms with Crippen LogP contribution >= 0.6 is 0 Å². The van der Waals surface area contributed by atoms with Crippen LogP contribution in [0.4, 0.5) is 0 Å². The summed E-state index contributed by atoms with van der Waals surface area (Å²) in [6.45, 7) is 3.71. The predicted molar refractivity (Wildman–Crippen MR) is 92.6 cm³/mol. The summed E-state index contributed by atoms with van der Waals surface area (Å²) in [5.74, 6) is -0.555. The van der Waals surface area contributed by atoms with E-state index in [0.29, 0.717) is 16.6 Å². The highest BCUT2D eigenvalue weighted by atomic mass is 16.5. The fourth-order valence-electron chi connectivity index (χ4n) is 2.57. The van der Waals surface area contributed by atoms with Gasteiger partial charge in [-0.25, -0.2) is 9.59 Å². The predicted octanol–water partition coefficient (Wildman–Crippen LogP) is 2.02. The Hall–Kier alpha value is -3.22. The van der Waals surface area contributed by atoms with Crippen LogP contribution < -0.4 is 11.2 Å². The maximum absolute atomic E-state index is 12.3. The van der Waals surface area contributed by atoms with Gasteiger partial charge in [0.25, 0.3) is 5.56 Å². The van der Waals surface area contributed by atoms with Crippen LogP contribution in [0.2, 0.25) is 0 Å². The third-order valence-electron chi connectivity index (χ3n) is 3.92. The number of carbonyl (C=O) groups excluding carboxylic acids is 1. The van der Waals surface area contributed by atoms with Crippen molar-refractivity contribution in [2.24, 2.45) is 0 Å². The van der Waals surface area contributed by atoms with Crippen LogP contribution in [0.3, 0.4) is 0 Å². The quantitative estimate of drug-likeness (QED) is 0.734. The fourth-order valence-corrected chi connectivity index (χ4v) is 2.57. The largest absolute Gasteiger partial charge is 0.453 e. The van der Waals surface area contributed by atoms with Crippen LogP contribution in [0.15, 0.2) is 52.2 Å². The molecule has 128 valence electrons. The number of ether oxygens (including phenoxy) is 1. The Bertz CT molecular complexity index is 1040. The van der Waals surface area contributed by atoms with E-state index in [1.54, 1.807) is 32.2 Å². The van der Waals surface area contributed by atoms with Crippen molar-refractivity contribution in [2.75, 3.05) is 0 Å². The molecule has 0 fully saturated rings. The zero-order chi connectivity index (χ0) is 18.0. The summed E-state index contributed by atoms with van der Waals surface area (Å²) in [6.07, 6.45) is 1.11. The lowest BCUT2D eigenvalue weighted by atomic mass is 10.1. The molecule has 2 heterocycles. The van der Waals surface area contributed by atoms with E-state index < -0.39 is 17.8 Å². The molecule has 0 aliphatic heterocycles. The lowest BCUT2D eigenvalue weighted by Crippen LogP contribution is -2.34. The number of benzene rings is 1. The minimum absolute atomic E-state index is 0.250. The van der Waals surface area contributed by atoms with E-state index >= 15 is 0 Å². The standard InChI is InChI=1S/C18H17N3O4/c1-3-21-16(22)13-8-7-12(10-15(13)20-18(21)24)17(23)25-11(2)14-6-4-5-9-19-14/h4-11H,3H2,1-2H3,(H,20,24)/t11-/m0/s1. The molecule has 0 aliphatic carbocycles. The highest BCUT2D eigenvalue weighted by Crippen LogP contribution is 2.17. The molecule has 0 bridgehead atoms. The Morgan fingerprint density at radius 3 is 2.76 bits per heavy atom. The van der Waals surface area contributed by atoms with Gasteiger partial charge in [-0.3, -0.25) is 14.3 Å². The number of aromatic amines is 1. The molecule has 7 nitrogen and oxygen atoms in total. The summed E-state index contributed by atoms with van der Waals surface area (Å²) in [5, 5.41) is 0.343. The molecule has 0 saturated carbocycles. The minimum Gasteiger partial charge on any atom is -0.453 e. The molecular weight excluding hydrogens is 322 g/mol. The third-order valence-corrected chi connectivity index (χ3v) is 3.92. The summed E-state index contributed by atoms with van der Waals surface area (Å²) in [6, 6.07) is 9.83. The average molecular weight is 339 g/mol. The van der Waals surface area contributed by atoms with Gasteiger partial charge in [0.1, 0.15) is 6.10 Å². The fraction of sp³-hybridized carbons (Fsp3) is 0.222. The number of hydrogen-bond acceptors (Lipinski definition) is 5. The molecule has 0 amide bonds. The van der Waals surface area contributed by atoms with Gasteiger partial charge in [0.15, 0.2) is 0 Å². The number of hydrogen-bond donors (Lipinski definition) is 1. The summed E-state index contributed by atoms with van der Waals surface area (Å²) < 4.78 is 6.50. The number of pyridine rings is 1. The summed E-state index contributed by atoms with van der Waals surface area (Å²) >= 11 is 0. The molecule has 1 atom stereocenters. The Morgan fingerprint density at radius 2 is 2.08 bits per heavy atom. The first-order chi connectivity index (χ1) is 12.0. The first-order valence-corrected chi connectivity index (χ1v) is 7.90. The Morgan fingerprint density at radius 1 is 1.28 bits per heavy atom. The van der Waals surface area contributed by atoms with Crippen LogP contribution in [-0.4, -0.2) is 20.5 Å². The number of aromatic nitrogens is 3. The van der Waals surface area contributed by atoms with Crippen molar-refractivity contribution < 1.29 is 9.53 Å². The van der Waals surface area contributed by atoms with Gasteiger partial charge >= 0.3 is 11.7 Å². The number of H-pyrrole nitrogens is 1. The van der Waals surface area contributed by atoms with E-state index in [2.05, 4.69) is 9.97 Å². The molecular formula is C18H17N3O4. The first kappa shape index (κ1) is 16.6. The van der Waals surface area contributed by atoms with E-state index in [1.807, 2.05) is 6.07 Å². The minimum atomic E-state index is -0.555. The van der Waals surface area contributed by atoms with Crippen molar-refractivity contribution in [1.29, 1.82) is 0 Å². The van der Waals surface area contributed by atoms with Gasteiger partial charge in [-0.15, -0.1) is 0 Å². The van der Waals surface area contributed by atoms with Crippen LogP contribution in [0.5, 0.6) is 0 Å². The number of esters is 1. The van der Waals surface area contributed by atoms with Crippen molar-refractivity contribution in [3.63, 3.8) is 0 Å². The molecule has 0 radical (unpaired) electrons. The van der Waals surface area contributed by atoms with Gasteiger partial charge in [0.2, 0.25) is 0 Å². The average Bonchev–Trinajstić information content (AvgIpc) is 2.62. The SMILES string of the molecule is CCn1c(=O)[nH]c2cc(C(=O)O[C@@H](C)c3ccccn3)ccc2c1=O. The molecule has 0 saturated heterocycles. The molecule has 7 heteroatoms. The molecule has 1 aromatic carbocycles. The van der Waals surface area contributed by atoms with E-state index in [-0.39, 0.29) is 17.7 Å². The van der Waals surface area contributed by atoms with Crippen molar-refractivity contribution in [3.8, 4) is 0 Å².